The van der Waals surface area contributed by atoms with E-state index >= 15 is 0 Å². The second kappa shape index (κ2) is 5.64. The van der Waals surface area contributed by atoms with Crippen LogP contribution in [0.5, 0.6) is 5.75 Å². The normalized spacial score (nSPS) is 10.8. The predicted octanol–water partition coefficient (Wildman–Crippen LogP) is 2.32. The lowest BCUT2D eigenvalue weighted by Crippen LogP contribution is -2.06. The van der Waals surface area contributed by atoms with Crippen LogP contribution in [0.1, 0.15) is 35.9 Å². The first-order valence-electron chi connectivity index (χ1n) is 6.27. The number of carboxylic acids is 1. The van der Waals surface area contributed by atoms with E-state index in [-0.39, 0.29) is 24.0 Å². The van der Waals surface area contributed by atoms with Gasteiger partial charge in [-0.05, 0) is 38.1 Å². The molecule has 0 aliphatic rings. The van der Waals surface area contributed by atoms with E-state index in [0.717, 1.165) is 5.69 Å². The second-order valence-corrected chi connectivity index (χ2v) is 4.73. The predicted molar refractivity (Wildman–Crippen MR) is 74.8 cm³/mol. The van der Waals surface area contributed by atoms with E-state index in [4.69, 9.17) is 15.6 Å². The van der Waals surface area contributed by atoms with Gasteiger partial charge in [-0.2, -0.15) is 5.10 Å². The number of nitrogens with zero attached hydrogens (tertiary/aromatic N) is 2. The van der Waals surface area contributed by atoms with Gasteiger partial charge in [-0.1, -0.05) is 0 Å². The molecule has 0 amide bonds. The Kier molecular flexibility index (Phi) is 3.93. The van der Waals surface area contributed by atoms with Crippen molar-refractivity contribution in [2.45, 2.75) is 26.5 Å². The highest BCUT2D eigenvalue weighted by atomic mass is 16.5. The highest BCUT2D eigenvalue weighted by Crippen LogP contribution is 2.22. The van der Waals surface area contributed by atoms with Crippen molar-refractivity contribution in [1.29, 1.82) is 0 Å². The van der Waals surface area contributed by atoms with Gasteiger partial charge < -0.3 is 15.6 Å². The van der Waals surface area contributed by atoms with E-state index in [0.29, 0.717) is 5.69 Å². The average molecular weight is 275 g/mol. The molecule has 20 heavy (non-hydrogen) atoms. The molecule has 0 bridgehead atoms. The number of aromatic nitrogens is 2. The molecular weight excluding hydrogens is 258 g/mol. The maximum Gasteiger partial charge on any atom is 0.339 e. The molecule has 1 aromatic heterocycles. The van der Waals surface area contributed by atoms with Crippen LogP contribution >= 0.6 is 0 Å². The fraction of sp³-hybridized carbons (Fsp3) is 0.286. The molecule has 0 radical (unpaired) electrons. The number of nitrogens with two attached hydrogens (primary N) is 1. The van der Waals surface area contributed by atoms with Gasteiger partial charge in [0.1, 0.15) is 17.9 Å². The number of rotatable bonds is 5. The fourth-order valence-corrected chi connectivity index (χ4v) is 1.73. The molecule has 2 rings (SSSR count). The van der Waals surface area contributed by atoms with Gasteiger partial charge in [0.25, 0.3) is 0 Å². The number of carboxylic acid groups (broad SMARTS) is 1. The fourth-order valence-electron chi connectivity index (χ4n) is 1.73. The lowest BCUT2D eigenvalue weighted by Gasteiger charge is -2.09. The molecule has 0 atom stereocenters. The summed E-state index contributed by atoms with van der Waals surface area (Å²) >= 11 is 0. The molecule has 0 unspecified atom stereocenters. The third-order valence-corrected chi connectivity index (χ3v) is 2.80. The second-order valence-electron chi connectivity index (χ2n) is 4.73. The number of carbonyl (C=O) groups is 1. The summed E-state index contributed by atoms with van der Waals surface area (Å²) in [5.41, 5.74) is 6.75. The van der Waals surface area contributed by atoms with Crippen molar-refractivity contribution in [2.24, 2.45) is 0 Å². The summed E-state index contributed by atoms with van der Waals surface area (Å²) in [6.07, 6.45) is 1.87. The summed E-state index contributed by atoms with van der Waals surface area (Å²) in [7, 11) is 0. The minimum Gasteiger partial charge on any atom is -0.486 e. The Balaban J connectivity index is 2.12. The molecule has 1 aromatic carbocycles. The zero-order valence-electron chi connectivity index (χ0n) is 11.4. The smallest absolute Gasteiger partial charge is 0.339 e. The van der Waals surface area contributed by atoms with Gasteiger partial charge in [-0.25, -0.2) is 4.79 Å². The van der Waals surface area contributed by atoms with Gasteiger partial charge in [0.15, 0.2) is 0 Å². The van der Waals surface area contributed by atoms with E-state index in [1.54, 1.807) is 12.1 Å². The summed E-state index contributed by atoms with van der Waals surface area (Å²) in [4.78, 5) is 11.1. The Bertz CT molecular complexity index is 620. The molecule has 0 fully saturated rings. The lowest BCUT2D eigenvalue weighted by molar-refractivity contribution is 0.0691. The number of hydrogen-bond donors (Lipinski definition) is 2. The van der Waals surface area contributed by atoms with Gasteiger partial charge in [0.05, 0.1) is 5.69 Å². The standard InChI is InChI=1S/C14H17N3O3/c1-9(2)17-6-5-11(16-17)8-20-13-4-3-10(15)7-12(13)14(18)19/h3-7,9H,8,15H2,1-2H3,(H,18,19). The Morgan fingerprint density at radius 1 is 1.45 bits per heavy atom. The van der Waals surface area contributed by atoms with Gasteiger partial charge in [-0.3, -0.25) is 4.68 Å². The number of hydrogen-bond acceptors (Lipinski definition) is 4. The van der Waals surface area contributed by atoms with Gasteiger partial charge in [0, 0.05) is 17.9 Å². The van der Waals surface area contributed by atoms with E-state index in [2.05, 4.69) is 5.10 Å². The first kappa shape index (κ1) is 13.9. The number of aromatic carboxylic acids is 1. The van der Waals surface area contributed by atoms with Crippen LogP contribution in [0.3, 0.4) is 0 Å². The number of benzene rings is 1. The first-order chi connectivity index (χ1) is 9.47. The Hall–Kier alpha value is -2.50. The van der Waals surface area contributed by atoms with Crippen LogP contribution < -0.4 is 10.5 Å². The van der Waals surface area contributed by atoms with Crippen LogP contribution in [0.2, 0.25) is 0 Å². The Morgan fingerprint density at radius 3 is 2.80 bits per heavy atom. The molecule has 106 valence electrons. The lowest BCUT2D eigenvalue weighted by atomic mass is 10.2. The zero-order valence-corrected chi connectivity index (χ0v) is 11.4. The van der Waals surface area contributed by atoms with Crippen LogP contribution in [0.4, 0.5) is 5.69 Å². The number of ether oxygens (including phenoxy) is 1. The van der Waals surface area contributed by atoms with Crippen LogP contribution in [0.15, 0.2) is 30.5 Å². The Morgan fingerprint density at radius 2 is 2.20 bits per heavy atom. The van der Waals surface area contributed by atoms with E-state index in [9.17, 15) is 4.79 Å². The molecule has 1 heterocycles. The summed E-state index contributed by atoms with van der Waals surface area (Å²) in [5.74, 6) is -0.786. The largest absolute Gasteiger partial charge is 0.486 e. The Labute approximate surface area is 116 Å². The van der Waals surface area contributed by atoms with Crippen LogP contribution in [-0.4, -0.2) is 20.9 Å². The minimum atomic E-state index is -1.07. The van der Waals surface area contributed by atoms with Crippen LogP contribution in [0, 0.1) is 0 Å². The van der Waals surface area contributed by atoms with Gasteiger partial charge >= 0.3 is 5.97 Å². The van der Waals surface area contributed by atoms with Crippen molar-refractivity contribution in [1.82, 2.24) is 9.78 Å². The third kappa shape index (κ3) is 3.09. The monoisotopic (exact) mass is 275 g/mol. The molecule has 2 aromatic rings. The summed E-state index contributed by atoms with van der Waals surface area (Å²) in [6.45, 7) is 4.27. The van der Waals surface area contributed by atoms with Crippen LogP contribution in [0.25, 0.3) is 0 Å². The SMILES string of the molecule is CC(C)n1ccc(COc2ccc(N)cc2C(=O)O)n1. The molecule has 0 saturated heterocycles. The van der Waals surface area contributed by atoms with Crippen LogP contribution in [-0.2, 0) is 6.61 Å². The first-order valence-corrected chi connectivity index (χ1v) is 6.27. The minimum absolute atomic E-state index is 0.0493. The molecule has 0 aliphatic carbocycles. The van der Waals surface area contributed by atoms with Crippen molar-refractivity contribution in [3.8, 4) is 5.75 Å². The van der Waals surface area contributed by atoms with E-state index in [1.807, 2.05) is 30.8 Å². The summed E-state index contributed by atoms with van der Waals surface area (Å²) in [6, 6.07) is 6.66. The van der Waals surface area contributed by atoms with E-state index < -0.39 is 5.97 Å². The maximum atomic E-state index is 11.1. The van der Waals surface area contributed by atoms with Crippen molar-refractivity contribution < 1.29 is 14.6 Å². The topological polar surface area (TPSA) is 90.4 Å². The van der Waals surface area contributed by atoms with Crippen molar-refractivity contribution >= 4 is 11.7 Å². The maximum absolute atomic E-state index is 11.1. The van der Waals surface area contributed by atoms with E-state index in [1.165, 1.54) is 6.07 Å². The molecule has 0 aliphatic heterocycles. The zero-order chi connectivity index (χ0) is 14.7. The highest BCUT2D eigenvalue weighted by molar-refractivity contribution is 5.92. The quantitative estimate of drug-likeness (QED) is 0.817. The molecule has 3 N–H and O–H groups in total. The van der Waals surface area contributed by atoms with Gasteiger partial charge in [-0.15, -0.1) is 0 Å². The molecule has 0 saturated carbocycles. The summed E-state index contributed by atoms with van der Waals surface area (Å²) < 4.78 is 7.34. The van der Waals surface area contributed by atoms with Crippen molar-refractivity contribution in [3.05, 3.63) is 41.7 Å². The van der Waals surface area contributed by atoms with Crippen molar-refractivity contribution in [3.63, 3.8) is 0 Å². The molecule has 6 heteroatoms. The average Bonchev–Trinajstić information content (AvgIpc) is 2.86. The highest BCUT2D eigenvalue weighted by Gasteiger charge is 2.12. The molecule has 6 nitrogen and oxygen atoms in total. The third-order valence-electron chi connectivity index (χ3n) is 2.80. The molecular formula is C14H17N3O3. The van der Waals surface area contributed by atoms with Crippen molar-refractivity contribution in [2.75, 3.05) is 5.73 Å². The van der Waals surface area contributed by atoms with Gasteiger partial charge in [0.2, 0.25) is 0 Å². The summed E-state index contributed by atoms with van der Waals surface area (Å²) in [5, 5.41) is 13.4. The molecule has 0 spiro atoms. The number of anilines is 1. The number of nitrogen functional groups attached to an aromatic ring is 1.